The zero-order chi connectivity index (χ0) is 14.8. The molecule has 0 spiro atoms. The molecule has 0 saturated heterocycles. The molecule has 2 aromatic carbocycles. The molecule has 0 fully saturated rings. The molecule has 4 nitrogen and oxygen atoms in total. The second kappa shape index (κ2) is 5.48. The first-order valence-corrected chi connectivity index (χ1v) is 7.11. The van der Waals surface area contributed by atoms with E-state index in [4.69, 9.17) is 5.73 Å². The SMILES string of the molecule is Nc1ccc2c(c1)CCCC2NC(=O)c1ccc(O)cc1. The number of carbonyl (C=O) groups is 1. The van der Waals surface area contributed by atoms with Crippen LogP contribution >= 0.6 is 0 Å². The van der Waals surface area contributed by atoms with Gasteiger partial charge < -0.3 is 16.2 Å². The number of hydrogen-bond acceptors (Lipinski definition) is 3. The highest BCUT2D eigenvalue weighted by molar-refractivity contribution is 5.94. The second-order valence-electron chi connectivity index (χ2n) is 5.42. The van der Waals surface area contributed by atoms with Crippen molar-refractivity contribution in [2.45, 2.75) is 25.3 Å². The quantitative estimate of drug-likeness (QED) is 0.741. The van der Waals surface area contributed by atoms with E-state index in [0.29, 0.717) is 5.56 Å². The van der Waals surface area contributed by atoms with E-state index in [1.807, 2.05) is 18.2 Å². The van der Waals surface area contributed by atoms with Crippen LogP contribution in [0.1, 0.15) is 40.4 Å². The van der Waals surface area contributed by atoms with Crippen molar-refractivity contribution in [2.24, 2.45) is 0 Å². The van der Waals surface area contributed by atoms with E-state index >= 15 is 0 Å². The Bertz CT molecular complexity index is 665. The van der Waals surface area contributed by atoms with Crippen LogP contribution < -0.4 is 11.1 Å². The molecule has 1 aliphatic rings. The van der Waals surface area contributed by atoms with E-state index in [2.05, 4.69) is 5.32 Å². The standard InChI is InChI=1S/C17H18N2O2/c18-13-6-9-15-12(10-13)2-1-3-16(15)19-17(21)11-4-7-14(20)8-5-11/h4-10,16,20H,1-3,18H2,(H,19,21). The van der Waals surface area contributed by atoms with Gasteiger partial charge in [-0.25, -0.2) is 0 Å². The van der Waals surface area contributed by atoms with Gasteiger partial charge in [-0.05, 0) is 66.8 Å². The average Bonchev–Trinajstić information content (AvgIpc) is 2.47. The Hall–Kier alpha value is -2.49. The van der Waals surface area contributed by atoms with Gasteiger partial charge in [0.15, 0.2) is 0 Å². The molecule has 3 rings (SSSR count). The predicted molar refractivity (Wildman–Crippen MR) is 82.1 cm³/mol. The summed E-state index contributed by atoms with van der Waals surface area (Å²) in [6, 6.07) is 12.2. The van der Waals surface area contributed by atoms with Crippen LogP contribution in [-0.2, 0) is 6.42 Å². The topological polar surface area (TPSA) is 75.3 Å². The second-order valence-corrected chi connectivity index (χ2v) is 5.42. The summed E-state index contributed by atoms with van der Waals surface area (Å²) in [5, 5.41) is 12.3. The van der Waals surface area contributed by atoms with Crippen molar-refractivity contribution in [3.05, 3.63) is 59.2 Å². The number of nitrogens with one attached hydrogen (secondary N) is 1. The molecule has 0 aliphatic heterocycles. The molecule has 4 heteroatoms. The van der Waals surface area contributed by atoms with Crippen molar-refractivity contribution < 1.29 is 9.90 Å². The van der Waals surface area contributed by atoms with Gasteiger partial charge in [0.1, 0.15) is 5.75 Å². The number of hydrogen-bond donors (Lipinski definition) is 3. The molecule has 0 radical (unpaired) electrons. The fourth-order valence-corrected chi connectivity index (χ4v) is 2.84. The smallest absolute Gasteiger partial charge is 0.251 e. The molecular weight excluding hydrogens is 264 g/mol. The molecule has 0 saturated carbocycles. The number of aryl methyl sites for hydroxylation is 1. The summed E-state index contributed by atoms with van der Waals surface area (Å²) in [6.07, 6.45) is 2.98. The highest BCUT2D eigenvalue weighted by Crippen LogP contribution is 2.31. The minimum atomic E-state index is -0.121. The molecule has 0 aromatic heterocycles. The van der Waals surface area contributed by atoms with E-state index in [1.165, 1.54) is 17.7 Å². The highest BCUT2D eigenvalue weighted by Gasteiger charge is 2.22. The summed E-state index contributed by atoms with van der Waals surface area (Å²) in [6.45, 7) is 0. The zero-order valence-electron chi connectivity index (χ0n) is 11.7. The zero-order valence-corrected chi connectivity index (χ0v) is 11.7. The lowest BCUT2D eigenvalue weighted by Crippen LogP contribution is -2.31. The van der Waals surface area contributed by atoms with Crippen molar-refractivity contribution >= 4 is 11.6 Å². The largest absolute Gasteiger partial charge is 0.508 e. The Morgan fingerprint density at radius 3 is 2.71 bits per heavy atom. The number of anilines is 1. The van der Waals surface area contributed by atoms with E-state index in [1.54, 1.807) is 12.1 Å². The van der Waals surface area contributed by atoms with Crippen LogP contribution in [0.15, 0.2) is 42.5 Å². The normalized spacial score (nSPS) is 17.0. The third kappa shape index (κ3) is 2.84. The van der Waals surface area contributed by atoms with E-state index in [9.17, 15) is 9.90 Å². The molecule has 4 N–H and O–H groups in total. The van der Waals surface area contributed by atoms with Crippen LogP contribution in [0.2, 0.25) is 0 Å². The number of fused-ring (bicyclic) bond motifs is 1. The van der Waals surface area contributed by atoms with Crippen molar-refractivity contribution in [1.82, 2.24) is 5.32 Å². The summed E-state index contributed by atoms with van der Waals surface area (Å²) < 4.78 is 0. The van der Waals surface area contributed by atoms with Crippen LogP contribution in [-0.4, -0.2) is 11.0 Å². The first kappa shape index (κ1) is 13.5. The number of aromatic hydroxyl groups is 1. The lowest BCUT2D eigenvalue weighted by atomic mass is 9.87. The van der Waals surface area contributed by atoms with E-state index in [-0.39, 0.29) is 17.7 Å². The fraction of sp³-hybridized carbons (Fsp3) is 0.235. The van der Waals surface area contributed by atoms with Gasteiger partial charge in [-0.1, -0.05) is 6.07 Å². The fourth-order valence-electron chi connectivity index (χ4n) is 2.84. The Labute approximate surface area is 123 Å². The minimum absolute atomic E-state index is 0.0238. The molecule has 1 amide bonds. The average molecular weight is 282 g/mol. The van der Waals surface area contributed by atoms with Crippen molar-refractivity contribution in [3.63, 3.8) is 0 Å². The van der Waals surface area contributed by atoms with Gasteiger partial charge in [0.2, 0.25) is 0 Å². The minimum Gasteiger partial charge on any atom is -0.508 e. The van der Waals surface area contributed by atoms with Crippen LogP contribution in [0, 0.1) is 0 Å². The van der Waals surface area contributed by atoms with Crippen molar-refractivity contribution in [2.75, 3.05) is 5.73 Å². The number of benzene rings is 2. The molecule has 108 valence electrons. The molecular formula is C17H18N2O2. The molecule has 0 heterocycles. The Kier molecular flexibility index (Phi) is 3.52. The molecule has 1 atom stereocenters. The van der Waals surface area contributed by atoms with Gasteiger partial charge in [-0.3, -0.25) is 4.79 Å². The number of nitrogens with two attached hydrogens (primary N) is 1. The van der Waals surface area contributed by atoms with Gasteiger partial charge in [0.25, 0.3) is 5.91 Å². The van der Waals surface area contributed by atoms with Crippen LogP contribution in [0.25, 0.3) is 0 Å². The maximum absolute atomic E-state index is 12.3. The van der Waals surface area contributed by atoms with Crippen LogP contribution in [0.3, 0.4) is 0 Å². The van der Waals surface area contributed by atoms with E-state index < -0.39 is 0 Å². The summed E-state index contributed by atoms with van der Waals surface area (Å²) in [4.78, 5) is 12.3. The van der Waals surface area contributed by atoms with Gasteiger partial charge in [0.05, 0.1) is 6.04 Å². The number of carbonyl (C=O) groups excluding carboxylic acids is 1. The van der Waals surface area contributed by atoms with Gasteiger partial charge in [-0.15, -0.1) is 0 Å². The van der Waals surface area contributed by atoms with E-state index in [0.717, 1.165) is 30.5 Å². The molecule has 1 aliphatic carbocycles. The number of nitrogen functional groups attached to an aromatic ring is 1. The predicted octanol–water partition coefficient (Wildman–Crippen LogP) is 2.78. The Morgan fingerprint density at radius 2 is 1.95 bits per heavy atom. The first-order valence-electron chi connectivity index (χ1n) is 7.11. The lowest BCUT2D eigenvalue weighted by molar-refractivity contribution is 0.0933. The van der Waals surface area contributed by atoms with Crippen LogP contribution in [0.4, 0.5) is 5.69 Å². The Balaban J connectivity index is 1.80. The summed E-state index contributed by atoms with van der Waals surface area (Å²) in [5.74, 6) is 0.0368. The third-order valence-electron chi connectivity index (χ3n) is 3.92. The van der Waals surface area contributed by atoms with Gasteiger partial charge >= 0.3 is 0 Å². The van der Waals surface area contributed by atoms with Crippen molar-refractivity contribution in [3.8, 4) is 5.75 Å². The molecule has 0 bridgehead atoms. The number of phenols is 1. The number of phenolic OH excluding ortho intramolecular Hbond substituents is 1. The Morgan fingerprint density at radius 1 is 1.19 bits per heavy atom. The van der Waals surface area contributed by atoms with Gasteiger partial charge in [-0.2, -0.15) is 0 Å². The first-order chi connectivity index (χ1) is 10.1. The summed E-state index contributed by atoms with van der Waals surface area (Å²) in [5.41, 5.74) is 9.51. The molecule has 2 aromatic rings. The lowest BCUT2D eigenvalue weighted by Gasteiger charge is -2.26. The summed E-state index contributed by atoms with van der Waals surface area (Å²) in [7, 11) is 0. The van der Waals surface area contributed by atoms with Crippen molar-refractivity contribution in [1.29, 1.82) is 0 Å². The number of amides is 1. The third-order valence-corrected chi connectivity index (χ3v) is 3.92. The monoisotopic (exact) mass is 282 g/mol. The van der Waals surface area contributed by atoms with Crippen LogP contribution in [0.5, 0.6) is 5.75 Å². The molecule has 1 unspecified atom stereocenters. The maximum Gasteiger partial charge on any atom is 0.251 e. The van der Waals surface area contributed by atoms with Gasteiger partial charge in [0, 0.05) is 11.3 Å². The highest BCUT2D eigenvalue weighted by atomic mass is 16.3. The molecule has 21 heavy (non-hydrogen) atoms. The number of rotatable bonds is 2. The maximum atomic E-state index is 12.3. The summed E-state index contributed by atoms with van der Waals surface area (Å²) >= 11 is 0.